The number of hydrogen-bond acceptors (Lipinski definition) is 2. The molecule has 2 aromatic rings. The lowest BCUT2D eigenvalue weighted by Crippen LogP contribution is -2.15. The summed E-state index contributed by atoms with van der Waals surface area (Å²) >= 11 is 0. The normalized spacial score (nSPS) is 10.6. The van der Waals surface area contributed by atoms with E-state index in [0.717, 1.165) is 25.3 Å². The molecule has 0 amide bonds. The van der Waals surface area contributed by atoms with Crippen LogP contribution in [0.4, 0.5) is 0 Å². The molecule has 112 valence electrons. The highest BCUT2D eigenvalue weighted by Crippen LogP contribution is 2.24. The number of ether oxygens (including phenoxy) is 1. The standard InChI is InChI=1S/C19H25NO/c1-4-11-20-13-18-10-6-8-16(3)19(18)21-14-17-9-5-7-15(2)12-17/h5-10,12,20H,4,11,13-14H2,1-3H3. The van der Waals surface area contributed by atoms with Crippen LogP contribution >= 0.6 is 0 Å². The highest BCUT2D eigenvalue weighted by molar-refractivity contribution is 5.41. The van der Waals surface area contributed by atoms with E-state index in [0.29, 0.717) is 6.61 Å². The van der Waals surface area contributed by atoms with Gasteiger partial charge in [0.2, 0.25) is 0 Å². The molecule has 2 aromatic carbocycles. The molecule has 0 bridgehead atoms. The van der Waals surface area contributed by atoms with Crippen molar-refractivity contribution in [1.29, 1.82) is 0 Å². The molecule has 0 saturated carbocycles. The van der Waals surface area contributed by atoms with Crippen LogP contribution in [-0.2, 0) is 13.2 Å². The fourth-order valence-electron chi connectivity index (χ4n) is 2.42. The van der Waals surface area contributed by atoms with Crippen LogP contribution in [0, 0.1) is 13.8 Å². The lowest BCUT2D eigenvalue weighted by Gasteiger charge is -2.15. The SMILES string of the molecule is CCCNCc1cccc(C)c1OCc1cccc(C)c1. The van der Waals surface area contributed by atoms with Gasteiger partial charge in [-0.05, 0) is 37.9 Å². The minimum absolute atomic E-state index is 0.618. The summed E-state index contributed by atoms with van der Waals surface area (Å²) in [6, 6.07) is 14.8. The van der Waals surface area contributed by atoms with Crippen molar-refractivity contribution >= 4 is 0 Å². The van der Waals surface area contributed by atoms with Crippen LogP contribution in [0.1, 0.15) is 35.6 Å². The van der Waals surface area contributed by atoms with Gasteiger partial charge in [-0.25, -0.2) is 0 Å². The topological polar surface area (TPSA) is 21.3 Å². The Labute approximate surface area is 128 Å². The molecule has 0 atom stereocenters. The molecule has 2 nitrogen and oxygen atoms in total. The Morgan fingerprint density at radius 1 is 1.05 bits per heavy atom. The van der Waals surface area contributed by atoms with Gasteiger partial charge >= 0.3 is 0 Å². The minimum atomic E-state index is 0.618. The Hall–Kier alpha value is -1.80. The molecule has 0 saturated heterocycles. The van der Waals surface area contributed by atoms with Crippen molar-refractivity contribution in [3.8, 4) is 5.75 Å². The van der Waals surface area contributed by atoms with Crippen molar-refractivity contribution in [3.05, 3.63) is 64.7 Å². The summed E-state index contributed by atoms with van der Waals surface area (Å²) in [5.41, 5.74) is 4.91. The van der Waals surface area contributed by atoms with Crippen molar-refractivity contribution in [2.75, 3.05) is 6.54 Å². The summed E-state index contributed by atoms with van der Waals surface area (Å²) < 4.78 is 6.10. The van der Waals surface area contributed by atoms with Gasteiger partial charge in [-0.3, -0.25) is 0 Å². The first-order valence-corrected chi connectivity index (χ1v) is 7.68. The molecule has 2 heteroatoms. The van der Waals surface area contributed by atoms with Gasteiger partial charge in [0.05, 0.1) is 0 Å². The van der Waals surface area contributed by atoms with Crippen LogP contribution < -0.4 is 10.1 Å². The van der Waals surface area contributed by atoms with Crippen LogP contribution in [0.15, 0.2) is 42.5 Å². The molecular weight excluding hydrogens is 258 g/mol. The van der Waals surface area contributed by atoms with Gasteiger partial charge < -0.3 is 10.1 Å². The van der Waals surface area contributed by atoms with Crippen molar-refractivity contribution < 1.29 is 4.74 Å². The second-order valence-corrected chi connectivity index (χ2v) is 5.52. The minimum Gasteiger partial charge on any atom is -0.488 e. The molecule has 2 rings (SSSR count). The molecule has 21 heavy (non-hydrogen) atoms. The van der Waals surface area contributed by atoms with Gasteiger partial charge in [0.25, 0.3) is 0 Å². The number of aryl methyl sites for hydroxylation is 2. The van der Waals surface area contributed by atoms with E-state index in [1.54, 1.807) is 0 Å². The maximum absolute atomic E-state index is 6.10. The van der Waals surface area contributed by atoms with Crippen LogP contribution in [0.2, 0.25) is 0 Å². The van der Waals surface area contributed by atoms with Gasteiger partial charge in [-0.2, -0.15) is 0 Å². The van der Waals surface area contributed by atoms with Gasteiger partial charge in [0, 0.05) is 12.1 Å². The Balaban J connectivity index is 2.07. The molecule has 0 unspecified atom stereocenters. The van der Waals surface area contributed by atoms with Crippen LogP contribution in [0.3, 0.4) is 0 Å². The maximum Gasteiger partial charge on any atom is 0.127 e. The number of hydrogen-bond donors (Lipinski definition) is 1. The molecule has 0 aromatic heterocycles. The van der Waals surface area contributed by atoms with Crippen molar-refractivity contribution in [2.24, 2.45) is 0 Å². The lowest BCUT2D eigenvalue weighted by molar-refractivity contribution is 0.300. The highest BCUT2D eigenvalue weighted by atomic mass is 16.5. The van der Waals surface area contributed by atoms with E-state index in [9.17, 15) is 0 Å². The second-order valence-electron chi connectivity index (χ2n) is 5.52. The van der Waals surface area contributed by atoms with E-state index in [1.807, 2.05) is 0 Å². The molecule has 0 radical (unpaired) electrons. The number of rotatable bonds is 7. The lowest BCUT2D eigenvalue weighted by atomic mass is 10.1. The Kier molecular flexibility index (Phi) is 5.82. The van der Waals surface area contributed by atoms with Crippen LogP contribution in [0.5, 0.6) is 5.75 Å². The summed E-state index contributed by atoms with van der Waals surface area (Å²) in [7, 11) is 0. The summed E-state index contributed by atoms with van der Waals surface area (Å²) in [6.45, 7) is 8.90. The van der Waals surface area contributed by atoms with E-state index in [1.165, 1.54) is 22.3 Å². The smallest absolute Gasteiger partial charge is 0.127 e. The molecule has 0 fully saturated rings. The van der Waals surface area contributed by atoms with E-state index >= 15 is 0 Å². The first-order chi connectivity index (χ1) is 10.2. The predicted molar refractivity (Wildman–Crippen MR) is 88.7 cm³/mol. The second kappa shape index (κ2) is 7.84. The molecule has 0 aliphatic rings. The zero-order valence-electron chi connectivity index (χ0n) is 13.3. The van der Waals surface area contributed by atoms with E-state index in [-0.39, 0.29) is 0 Å². The van der Waals surface area contributed by atoms with Gasteiger partial charge in [0.1, 0.15) is 12.4 Å². The predicted octanol–water partition coefficient (Wildman–Crippen LogP) is 4.38. The first kappa shape index (κ1) is 15.6. The highest BCUT2D eigenvalue weighted by Gasteiger charge is 2.07. The van der Waals surface area contributed by atoms with Crippen molar-refractivity contribution in [3.63, 3.8) is 0 Å². The van der Waals surface area contributed by atoms with Gasteiger partial charge in [-0.1, -0.05) is 55.0 Å². The summed E-state index contributed by atoms with van der Waals surface area (Å²) in [5, 5.41) is 3.45. The molecule has 0 heterocycles. The van der Waals surface area contributed by atoms with E-state index in [2.05, 4.69) is 68.6 Å². The third-order valence-electron chi connectivity index (χ3n) is 3.50. The average Bonchev–Trinajstić information content (AvgIpc) is 2.47. The maximum atomic E-state index is 6.10. The average molecular weight is 283 g/mol. The summed E-state index contributed by atoms with van der Waals surface area (Å²) in [6.07, 6.45) is 1.14. The third-order valence-corrected chi connectivity index (χ3v) is 3.50. The van der Waals surface area contributed by atoms with Gasteiger partial charge in [-0.15, -0.1) is 0 Å². The Morgan fingerprint density at radius 2 is 1.86 bits per heavy atom. The largest absolute Gasteiger partial charge is 0.488 e. The van der Waals surface area contributed by atoms with Gasteiger partial charge in [0.15, 0.2) is 0 Å². The number of nitrogens with one attached hydrogen (secondary N) is 1. The fourth-order valence-corrected chi connectivity index (χ4v) is 2.42. The van der Waals surface area contributed by atoms with Crippen LogP contribution in [-0.4, -0.2) is 6.54 Å². The number of benzene rings is 2. The Bertz CT molecular complexity index is 578. The van der Waals surface area contributed by atoms with E-state index < -0.39 is 0 Å². The van der Waals surface area contributed by atoms with Crippen LogP contribution in [0.25, 0.3) is 0 Å². The monoisotopic (exact) mass is 283 g/mol. The number of para-hydroxylation sites is 1. The third kappa shape index (κ3) is 4.61. The zero-order chi connectivity index (χ0) is 15.1. The van der Waals surface area contributed by atoms with Crippen molar-refractivity contribution in [1.82, 2.24) is 5.32 Å². The fraction of sp³-hybridized carbons (Fsp3) is 0.368. The first-order valence-electron chi connectivity index (χ1n) is 7.68. The van der Waals surface area contributed by atoms with Crippen molar-refractivity contribution in [2.45, 2.75) is 40.3 Å². The Morgan fingerprint density at radius 3 is 2.62 bits per heavy atom. The summed E-state index contributed by atoms with van der Waals surface area (Å²) in [4.78, 5) is 0. The van der Waals surface area contributed by atoms with E-state index in [4.69, 9.17) is 4.74 Å². The molecule has 0 spiro atoms. The quantitative estimate of drug-likeness (QED) is 0.761. The summed E-state index contributed by atoms with van der Waals surface area (Å²) in [5.74, 6) is 1.02. The molecule has 0 aliphatic heterocycles. The zero-order valence-corrected chi connectivity index (χ0v) is 13.3. The molecular formula is C19H25NO. The molecule has 1 N–H and O–H groups in total. The molecule has 0 aliphatic carbocycles.